The SMILES string of the molecule is CCOC(NN)OC. The topological polar surface area (TPSA) is 56.5 Å². The Morgan fingerprint density at radius 1 is 1.75 bits per heavy atom. The molecule has 50 valence electrons. The molecule has 4 heteroatoms. The van der Waals surface area contributed by atoms with Gasteiger partial charge < -0.3 is 9.47 Å². The van der Waals surface area contributed by atoms with E-state index in [0.29, 0.717) is 6.61 Å². The summed E-state index contributed by atoms with van der Waals surface area (Å²) in [5.74, 6) is 4.97. The summed E-state index contributed by atoms with van der Waals surface area (Å²) in [7, 11) is 1.51. The molecule has 3 N–H and O–H groups in total. The Morgan fingerprint density at radius 2 is 2.38 bits per heavy atom. The minimum absolute atomic E-state index is 0.472. The van der Waals surface area contributed by atoms with Crippen LogP contribution in [0.2, 0.25) is 0 Å². The van der Waals surface area contributed by atoms with E-state index in [2.05, 4.69) is 10.2 Å². The second-order valence-corrected chi connectivity index (χ2v) is 1.19. The van der Waals surface area contributed by atoms with E-state index in [1.807, 2.05) is 6.92 Å². The molecule has 0 amide bonds. The van der Waals surface area contributed by atoms with Crippen molar-refractivity contribution >= 4 is 0 Å². The Kier molecular flexibility index (Phi) is 4.89. The smallest absolute Gasteiger partial charge is 0.228 e. The maximum absolute atomic E-state index is 4.97. The molecule has 0 aliphatic carbocycles. The molecule has 8 heavy (non-hydrogen) atoms. The van der Waals surface area contributed by atoms with Crippen LogP contribution in [0.5, 0.6) is 0 Å². The average molecular weight is 120 g/mol. The van der Waals surface area contributed by atoms with Gasteiger partial charge in [-0.25, -0.2) is 5.43 Å². The Labute approximate surface area is 48.9 Å². The summed E-state index contributed by atoms with van der Waals surface area (Å²) in [6.07, 6.45) is -0.472. The van der Waals surface area contributed by atoms with Crippen LogP contribution in [0.25, 0.3) is 0 Å². The van der Waals surface area contributed by atoms with Crippen molar-refractivity contribution in [2.24, 2.45) is 5.84 Å². The predicted octanol–water partition coefficient (Wildman–Crippen LogP) is -0.584. The maximum atomic E-state index is 4.97. The number of hydrogen-bond acceptors (Lipinski definition) is 4. The van der Waals surface area contributed by atoms with Crippen LogP contribution in [-0.4, -0.2) is 20.1 Å². The van der Waals surface area contributed by atoms with Crippen LogP contribution in [0.1, 0.15) is 6.92 Å². The van der Waals surface area contributed by atoms with Gasteiger partial charge in [-0.15, -0.1) is 0 Å². The van der Waals surface area contributed by atoms with Crippen molar-refractivity contribution in [1.82, 2.24) is 5.43 Å². The van der Waals surface area contributed by atoms with Crippen LogP contribution in [0.15, 0.2) is 0 Å². The molecule has 0 aliphatic rings. The highest BCUT2D eigenvalue weighted by Gasteiger charge is 1.98. The van der Waals surface area contributed by atoms with Crippen molar-refractivity contribution in [2.45, 2.75) is 13.3 Å². The third-order valence-electron chi connectivity index (χ3n) is 0.668. The van der Waals surface area contributed by atoms with Gasteiger partial charge in [0.2, 0.25) is 6.41 Å². The fourth-order valence-corrected chi connectivity index (χ4v) is 0.336. The highest BCUT2D eigenvalue weighted by molar-refractivity contribution is 4.25. The molecule has 0 aliphatic heterocycles. The molecule has 0 aromatic heterocycles. The lowest BCUT2D eigenvalue weighted by molar-refractivity contribution is -0.139. The van der Waals surface area contributed by atoms with Crippen LogP contribution < -0.4 is 11.3 Å². The van der Waals surface area contributed by atoms with Crippen LogP contribution in [0, 0.1) is 0 Å². The molecule has 0 radical (unpaired) electrons. The number of methoxy groups -OCH3 is 1. The number of rotatable bonds is 4. The summed E-state index contributed by atoms with van der Waals surface area (Å²) in [6, 6.07) is 0. The fourth-order valence-electron chi connectivity index (χ4n) is 0.336. The van der Waals surface area contributed by atoms with Crippen LogP contribution in [-0.2, 0) is 9.47 Å². The van der Waals surface area contributed by atoms with Gasteiger partial charge in [-0.3, -0.25) is 5.84 Å². The third-order valence-corrected chi connectivity index (χ3v) is 0.668. The lowest BCUT2D eigenvalue weighted by Gasteiger charge is -2.11. The van der Waals surface area contributed by atoms with E-state index >= 15 is 0 Å². The monoisotopic (exact) mass is 120 g/mol. The number of ether oxygens (including phenoxy) is 2. The predicted molar refractivity (Wildman–Crippen MR) is 29.7 cm³/mol. The normalized spacial score (nSPS) is 13.9. The minimum Gasteiger partial charge on any atom is -0.342 e. The number of nitrogens with one attached hydrogen (secondary N) is 1. The zero-order valence-electron chi connectivity index (χ0n) is 5.18. The van der Waals surface area contributed by atoms with E-state index in [0.717, 1.165) is 0 Å². The van der Waals surface area contributed by atoms with E-state index < -0.39 is 6.41 Å². The molecule has 0 saturated carbocycles. The molecule has 0 heterocycles. The van der Waals surface area contributed by atoms with E-state index in [4.69, 9.17) is 10.6 Å². The zero-order chi connectivity index (χ0) is 6.41. The van der Waals surface area contributed by atoms with Gasteiger partial charge in [0.15, 0.2) is 0 Å². The summed E-state index contributed by atoms with van der Waals surface area (Å²) in [6.45, 7) is 2.45. The Bertz CT molecular complexity index is 47.3. The summed E-state index contributed by atoms with van der Waals surface area (Å²) < 4.78 is 9.56. The van der Waals surface area contributed by atoms with Gasteiger partial charge in [-0.05, 0) is 6.92 Å². The molecule has 0 aromatic rings. The van der Waals surface area contributed by atoms with E-state index in [1.165, 1.54) is 7.11 Å². The van der Waals surface area contributed by atoms with Crippen LogP contribution in [0.4, 0.5) is 0 Å². The maximum Gasteiger partial charge on any atom is 0.228 e. The van der Waals surface area contributed by atoms with Gasteiger partial charge in [0.05, 0.1) is 0 Å². The van der Waals surface area contributed by atoms with Gasteiger partial charge in [0, 0.05) is 13.7 Å². The molecule has 4 nitrogen and oxygen atoms in total. The first-order valence-corrected chi connectivity index (χ1v) is 2.45. The Morgan fingerprint density at radius 3 is 2.50 bits per heavy atom. The Hall–Kier alpha value is -0.160. The van der Waals surface area contributed by atoms with E-state index in [-0.39, 0.29) is 0 Å². The van der Waals surface area contributed by atoms with Gasteiger partial charge >= 0.3 is 0 Å². The summed E-state index contributed by atoms with van der Waals surface area (Å²) in [4.78, 5) is 0. The molecule has 0 spiro atoms. The quantitative estimate of drug-likeness (QED) is 0.296. The van der Waals surface area contributed by atoms with Crippen molar-refractivity contribution in [2.75, 3.05) is 13.7 Å². The van der Waals surface area contributed by atoms with Gasteiger partial charge in [-0.1, -0.05) is 0 Å². The fraction of sp³-hybridized carbons (Fsp3) is 1.00. The summed E-state index contributed by atoms with van der Waals surface area (Å²) >= 11 is 0. The van der Waals surface area contributed by atoms with Crippen LogP contribution >= 0.6 is 0 Å². The Balaban J connectivity index is 3.07. The van der Waals surface area contributed by atoms with Crippen molar-refractivity contribution in [1.29, 1.82) is 0 Å². The second kappa shape index (κ2) is 4.99. The highest BCUT2D eigenvalue weighted by atomic mass is 16.7. The van der Waals surface area contributed by atoms with Crippen molar-refractivity contribution < 1.29 is 9.47 Å². The molecular formula is C4H12N2O2. The molecular weight excluding hydrogens is 108 g/mol. The van der Waals surface area contributed by atoms with Gasteiger partial charge in [0.25, 0.3) is 0 Å². The van der Waals surface area contributed by atoms with Crippen molar-refractivity contribution in [3.63, 3.8) is 0 Å². The molecule has 0 aromatic carbocycles. The van der Waals surface area contributed by atoms with Crippen molar-refractivity contribution in [3.05, 3.63) is 0 Å². The van der Waals surface area contributed by atoms with Crippen molar-refractivity contribution in [3.8, 4) is 0 Å². The number of hydrogen-bond donors (Lipinski definition) is 2. The molecule has 1 unspecified atom stereocenters. The average Bonchev–Trinajstić information content (AvgIpc) is 1.83. The van der Waals surface area contributed by atoms with Gasteiger partial charge in [0.1, 0.15) is 0 Å². The lowest BCUT2D eigenvalue weighted by atomic mass is 10.9. The minimum atomic E-state index is -0.472. The third kappa shape index (κ3) is 2.92. The van der Waals surface area contributed by atoms with Gasteiger partial charge in [-0.2, -0.15) is 0 Å². The first-order valence-electron chi connectivity index (χ1n) is 2.45. The molecule has 0 fully saturated rings. The van der Waals surface area contributed by atoms with E-state index in [9.17, 15) is 0 Å². The molecule has 0 bridgehead atoms. The first kappa shape index (κ1) is 7.84. The number of nitrogens with two attached hydrogens (primary N) is 1. The van der Waals surface area contributed by atoms with E-state index in [1.54, 1.807) is 0 Å². The molecule has 1 atom stereocenters. The second-order valence-electron chi connectivity index (χ2n) is 1.19. The number of hydrazine groups is 1. The van der Waals surface area contributed by atoms with Crippen LogP contribution in [0.3, 0.4) is 0 Å². The molecule has 0 rings (SSSR count). The first-order chi connectivity index (χ1) is 3.85. The standard InChI is InChI=1S/C4H12N2O2/c1-3-8-4(6-5)7-2/h4,6H,3,5H2,1-2H3. The zero-order valence-corrected chi connectivity index (χ0v) is 5.18. The highest BCUT2D eigenvalue weighted by Crippen LogP contribution is 1.82. The molecule has 0 saturated heterocycles. The summed E-state index contributed by atoms with van der Waals surface area (Å²) in [5, 5.41) is 0. The summed E-state index contributed by atoms with van der Waals surface area (Å²) in [5.41, 5.74) is 2.31. The lowest BCUT2D eigenvalue weighted by Crippen LogP contribution is -2.38. The largest absolute Gasteiger partial charge is 0.342 e.